The van der Waals surface area contributed by atoms with E-state index in [1.807, 2.05) is 24.5 Å². The maximum absolute atomic E-state index is 12.6. The Hall–Kier alpha value is -3.57. The minimum atomic E-state index is -0.648. The molecule has 190 valence electrons. The molecule has 10 nitrogen and oxygen atoms in total. The average molecular weight is 533 g/mol. The van der Waals surface area contributed by atoms with Gasteiger partial charge in [0.05, 0.1) is 31.1 Å². The van der Waals surface area contributed by atoms with Crippen molar-refractivity contribution >= 4 is 46.9 Å². The van der Waals surface area contributed by atoms with E-state index in [-0.39, 0.29) is 35.1 Å². The predicted molar refractivity (Wildman–Crippen MR) is 135 cm³/mol. The number of hydrogen-bond acceptors (Lipinski definition) is 9. The van der Waals surface area contributed by atoms with Crippen molar-refractivity contribution in [3.8, 4) is 5.75 Å². The number of aromatic nitrogens is 3. The molecule has 12 heteroatoms. The van der Waals surface area contributed by atoms with E-state index in [1.165, 1.54) is 44.2 Å². The van der Waals surface area contributed by atoms with Crippen LogP contribution in [0.25, 0.3) is 0 Å². The first-order valence-electron chi connectivity index (χ1n) is 10.8. The van der Waals surface area contributed by atoms with Gasteiger partial charge >= 0.3 is 11.9 Å². The van der Waals surface area contributed by atoms with E-state index in [4.69, 9.17) is 25.8 Å². The van der Waals surface area contributed by atoms with Gasteiger partial charge in [0.2, 0.25) is 5.91 Å². The van der Waals surface area contributed by atoms with Crippen LogP contribution < -0.4 is 10.1 Å². The van der Waals surface area contributed by atoms with Gasteiger partial charge in [-0.2, -0.15) is 0 Å². The van der Waals surface area contributed by atoms with Gasteiger partial charge in [-0.25, -0.2) is 9.59 Å². The van der Waals surface area contributed by atoms with Crippen LogP contribution in [0.4, 0.5) is 5.69 Å². The Bertz CT molecular complexity index is 1250. The zero-order valence-corrected chi connectivity index (χ0v) is 21.7. The molecule has 3 rings (SSSR count). The highest BCUT2D eigenvalue weighted by Crippen LogP contribution is 2.23. The molecule has 1 heterocycles. The normalized spacial score (nSPS) is 10.6. The van der Waals surface area contributed by atoms with Crippen molar-refractivity contribution in [3.63, 3.8) is 0 Å². The Morgan fingerprint density at radius 1 is 1.03 bits per heavy atom. The van der Waals surface area contributed by atoms with Crippen molar-refractivity contribution in [2.75, 3.05) is 25.3 Å². The fourth-order valence-corrected chi connectivity index (χ4v) is 4.14. The van der Waals surface area contributed by atoms with Crippen LogP contribution in [0.15, 0.2) is 41.6 Å². The van der Waals surface area contributed by atoms with Crippen LogP contribution in [0.5, 0.6) is 5.75 Å². The maximum atomic E-state index is 12.6. The van der Waals surface area contributed by atoms with Gasteiger partial charge in [-0.3, -0.25) is 4.79 Å². The average Bonchev–Trinajstić information content (AvgIpc) is 3.28. The molecule has 0 saturated heterocycles. The van der Waals surface area contributed by atoms with Crippen molar-refractivity contribution < 1.29 is 28.6 Å². The number of halogens is 1. The van der Waals surface area contributed by atoms with E-state index in [1.54, 1.807) is 12.1 Å². The highest BCUT2D eigenvalue weighted by Gasteiger charge is 2.17. The summed E-state index contributed by atoms with van der Waals surface area (Å²) in [7, 11) is 2.45. The Kier molecular flexibility index (Phi) is 9.31. The number of carbonyl (C=O) groups excluding carboxylic acids is 3. The van der Waals surface area contributed by atoms with Crippen molar-refractivity contribution in [1.82, 2.24) is 14.8 Å². The molecule has 1 aromatic heterocycles. The number of ether oxygens (including phenoxy) is 3. The van der Waals surface area contributed by atoms with Crippen molar-refractivity contribution in [1.29, 1.82) is 0 Å². The van der Waals surface area contributed by atoms with E-state index >= 15 is 0 Å². The summed E-state index contributed by atoms with van der Waals surface area (Å²) < 4.78 is 17.1. The van der Waals surface area contributed by atoms with Gasteiger partial charge in [0.1, 0.15) is 12.4 Å². The SMILES string of the molecule is CCn1c(COc2ccc(Cl)c(C)c2)nnc1SCC(=O)Nc1cc(C(=O)OC)cc(C(=O)OC)c1. The van der Waals surface area contributed by atoms with Gasteiger partial charge in [-0.05, 0) is 55.8 Å². The molecule has 1 N–H and O–H groups in total. The largest absolute Gasteiger partial charge is 0.486 e. The number of hydrogen-bond donors (Lipinski definition) is 1. The van der Waals surface area contributed by atoms with E-state index in [0.29, 0.717) is 28.3 Å². The minimum absolute atomic E-state index is 0.0192. The molecule has 36 heavy (non-hydrogen) atoms. The Balaban J connectivity index is 1.65. The number of nitrogens with zero attached hydrogens (tertiary/aromatic N) is 3. The summed E-state index contributed by atoms with van der Waals surface area (Å²) in [5.74, 6) is -0.364. The number of anilines is 1. The topological polar surface area (TPSA) is 122 Å². The first-order valence-corrected chi connectivity index (χ1v) is 12.2. The van der Waals surface area contributed by atoms with Crippen LogP contribution in [0.2, 0.25) is 5.02 Å². The van der Waals surface area contributed by atoms with Gasteiger partial charge in [-0.1, -0.05) is 23.4 Å². The molecule has 0 aliphatic heterocycles. The molecule has 2 aromatic carbocycles. The van der Waals surface area contributed by atoms with Crippen LogP contribution in [0.3, 0.4) is 0 Å². The smallest absolute Gasteiger partial charge is 0.337 e. The van der Waals surface area contributed by atoms with Crippen LogP contribution in [-0.2, 0) is 27.4 Å². The molecule has 3 aromatic rings. The number of thioether (sulfide) groups is 1. The number of carbonyl (C=O) groups is 3. The Labute approximate surface area is 217 Å². The number of nitrogens with one attached hydrogen (secondary N) is 1. The zero-order chi connectivity index (χ0) is 26.2. The summed E-state index contributed by atoms with van der Waals surface area (Å²) in [5.41, 5.74) is 1.38. The number of benzene rings is 2. The quantitative estimate of drug-likeness (QED) is 0.303. The lowest BCUT2D eigenvalue weighted by molar-refractivity contribution is -0.113. The number of esters is 2. The minimum Gasteiger partial charge on any atom is -0.486 e. The van der Waals surface area contributed by atoms with Gasteiger partial charge in [0.25, 0.3) is 0 Å². The molecule has 0 spiro atoms. The highest BCUT2D eigenvalue weighted by molar-refractivity contribution is 7.99. The van der Waals surface area contributed by atoms with E-state index < -0.39 is 11.9 Å². The fourth-order valence-electron chi connectivity index (χ4n) is 3.20. The Morgan fingerprint density at radius 2 is 1.69 bits per heavy atom. The first kappa shape index (κ1) is 27.0. The van der Waals surface area contributed by atoms with E-state index in [2.05, 4.69) is 15.5 Å². The van der Waals surface area contributed by atoms with Crippen LogP contribution in [0, 0.1) is 6.92 Å². The molecule has 0 atom stereocenters. The molecule has 1 amide bonds. The summed E-state index contributed by atoms with van der Waals surface area (Å²) in [6.07, 6.45) is 0. The second-order valence-electron chi connectivity index (χ2n) is 7.46. The molecule has 0 saturated carbocycles. The zero-order valence-electron chi connectivity index (χ0n) is 20.2. The van der Waals surface area contributed by atoms with Crippen LogP contribution >= 0.6 is 23.4 Å². The third kappa shape index (κ3) is 6.76. The monoisotopic (exact) mass is 532 g/mol. The predicted octanol–water partition coefficient (Wildman–Crippen LogP) is 4.14. The first-order chi connectivity index (χ1) is 17.2. The number of aryl methyl sites for hydroxylation is 1. The molecular weight excluding hydrogens is 508 g/mol. The lowest BCUT2D eigenvalue weighted by Gasteiger charge is -2.11. The molecule has 0 radical (unpaired) electrons. The summed E-state index contributed by atoms with van der Waals surface area (Å²) in [5, 5.41) is 12.3. The number of methoxy groups -OCH3 is 2. The van der Waals surface area contributed by atoms with Crippen molar-refractivity contribution in [2.24, 2.45) is 0 Å². The van der Waals surface area contributed by atoms with Gasteiger partial charge in [-0.15, -0.1) is 10.2 Å². The molecular formula is C24H25ClN4O6S. The summed E-state index contributed by atoms with van der Waals surface area (Å²) >= 11 is 7.26. The standard InChI is InChI=1S/C24H25ClN4O6S/c1-5-29-20(12-35-18-6-7-19(25)14(2)8-18)27-28-24(29)36-13-21(30)26-17-10-15(22(31)33-3)9-16(11-17)23(32)34-4/h6-11H,5,12-13H2,1-4H3,(H,26,30). The van der Waals surface area contributed by atoms with Crippen LogP contribution in [-0.4, -0.2) is 52.6 Å². The second kappa shape index (κ2) is 12.4. The maximum Gasteiger partial charge on any atom is 0.337 e. The van der Waals surface area contributed by atoms with Gasteiger partial charge in [0.15, 0.2) is 11.0 Å². The van der Waals surface area contributed by atoms with Crippen LogP contribution in [0.1, 0.15) is 39.0 Å². The van der Waals surface area contributed by atoms with Crippen molar-refractivity contribution in [3.05, 3.63) is 63.9 Å². The highest BCUT2D eigenvalue weighted by atomic mass is 35.5. The molecule has 0 bridgehead atoms. The summed E-state index contributed by atoms with van der Waals surface area (Å²) in [6, 6.07) is 9.57. The summed E-state index contributed by atoms with van der Waals surface area (Å²) in [6.45, 7) is 4.62. The molecule has 0 aliphatic carbocycles. The fraction of sp³-hybridized carbons (Fsp3) is 0.292. The number of rotatable bonds is 10. The van der Waals surface area contributed by atoms with Gasteiger partial charge in [0, 0.05) is 17.3 Å². The lowest BCUT2D eigenvalue weighted by atomic mass is 10.1. The lowest BCUT2D eigenvalue weighted by Crippen LogP contribution is -2.16. The summed E-state index contributed by atoms with van der Waals surface area (Å²) in [4.78, 5) is 36.5. The third-order valence-electron chi connectivity index (χ3n) is 5.00. The van der Waals surface area contributed by atoms with Crippen molar-refractivity contribution in [2.45, 2.75) is 32.2 Å². The molecule has 0 unspecified atom stereocenters. The number of amides is 1. The van der Waals surface area contributed by atoms with E-state index in [0.717, 1.165) is 5.56 Å². The second-order valence-corrected chi connectivity index (χ2v) is 8.81. The molecule has 0 aliphatic rings. The molecule has 0 fully saturated rings. The van der Waals surface area contributed by atoms with Gasteiger partial charge < -0.3 is 24.1 Å². The third-order valence-corrected chi connectivity index (χ3v) is 6.39. The van der Waals surface area contributed by atoms with E-state index in [9.17, 15) is 14.4 Å². The Morgan fingerprint density at radius 3 is 2.28 bits per heavy atom.